The van der Waals surface area contributed by atoms with E-state index in [-0.39, 0.29) is 0 Å². The summed E-state index contributed by atoms with van der Waals surface area (Å²) in [6.07, 6.45) is 0. The summed E-state index contributed by atoms with van der Waals surface area (Å²) in [5, 5.41) is 8.08. The van der Waals surface area contributed by atoms with Crippen LogP contribution in [0.25, 0.3) is 15.2 Å². The van der Waals surface area contributed by atoms with E-state index in [0.717, 1.165) is 10.5 Å². The number of fused-ring (bicyclic) bond motifs is 3. The van der Waals surface area contributed by atoms with Gasteiger partial charge in [-0.25, -0.2) is 4.40 Å². The maximum absolute atomic E-state index is 5.42. The van der Waals surface area contributed by atoms with E-state index in [0.29, 0.717) is 12.6 Å². The highest BCUT2D eigenvalue weighted by atomic mass is 32.1. The van der Waals surface area contributed by atoms with Crippen molar-refractivity contribution in [2.24, 2.45) is 0 Å². The molecule has 0 aliphatic carbocycles. The van der Waals surface area contributed by atoms with Crippen molar-refractivity contribution in [3.63, 3.8) is 0 Å². The molecule has 0 bridgehead atoms. The van der Waals surface area contributed by atoms with Crippen molar-refractivity contribution < 1.29 is 4.74 Å². The Labute approximate surface area is 90.1 Å². The number of benzene rings is 1. The van der Waals surface area contributed by atoms with Gasteiger partial charge in [-0.3, -0.25) is 0 Å². The largest absolute Gasteiger partial charge is 0.464 e. The highest BCUT2D eigenvalue weighted by molar-refractivity contribution is 7.23. The van der Waals surface area contributed by atoms with Crippen LogP contribution in [0.5, 0.6) is 6.01 Å². The molecular weight excluding hydrogens is 210 g/mol. The average Bonchev–Trinajstić information content (AvgIpc) is 2.78. The number of hydrogen-bond donors (Lipinski definition) is 0. The van der Waals surface area contributed by atoms with Gasteiger partial charge in [-0.15, -0.1) is 5.10 Å². The molecule has 3 rings (SSSR count). The van der Waals surface area contributed by atoms with E-state index in [2.05, 4.69) is 16.3 Å². The minimum absolute atomic E-state index is 0.574. The molecule has 0 aliphatic heterocycles. The van der Waals surface area contributed by atoms with Crippen LogP contribution in [0.4, 0.5) is 0 Å². The van der Waals surface area contributed by atoms with Crippen LogP contribution in [0, 0.1) is 0 Å². The normalized spacial score (nSPS) is 11.3. The first kappa shape index (κ1) is 8.67. The van der Waals surface area contributed by atoms with Crippen molar-refractivity contribution in [1.29, 1.82) is 0 Å². The fraction of sp³-hybridized carbons (Fsp3) is 0.200. The maximum atomic E-state index is 5.42. The molecule has 1 aromatic carbocycles. The van der Waals surface area contributed by atoms with Gasteiger partial charge in [0.1, 0.15) is 0 Å². The lowest BCUT2D eigenvalue weighted by atomic mass is 10.3. The Morgan fingerprint density at radius 2 is 2.20 bits per heavy atom. The minimum Gasteiger partial charge on any atom is -0.464 e. The lowest BCUT2D eigenvalue weighted by molar-refractivity contribution is 0.310. The quantitative estimate of drug-likeness (QED) is 0.664. The van der Waals surface area contributed by atoms with Gasteiger partial charge in [0.05, 0.1) is 16.8 Å². The Bertz CT molecular complexity index is 613. The molecule has 0 unspecified atom stereocenters. The first-order valence-corrected chi connectivity index (χ1v) is 5.57. The van der Waals surface area contributed by atoms with Crippen molar-refractivity contribution in [3.8, 4) is 6.01 Å². The van der Waals surface area contributed by atoms with Crippen LogP contribution in [0.15, 0.2) is 24.3 Å². The lowest BCUT2D eigenvalue weighted by Gasteiger charge is -1.98. The number of thiazole rings is 1. The summed E-state index contributed by atoms with van der Waals surface area (Å²) in [6, 6.07) is 8.72. The van der Waals surface area contributed by atoms with Crippen molar-refractivity contribution in [3.05, 3.63) is 24.3 Å². The standard InChI is InChI=1S/C10H9N3OS/c1-2-14-9-11-12-10-13(9)7-5-3-4-6-8(7)15-10/h3-6H,2H2,1H3. The molecule has 3 aromatic rings. The Balaban J connectivity index is 2.38. The van der Waals surface area contributed by atoms with E-state index in [1.54, 1.807) is 11.3 Å². The molecule has 5 heteroatoms. The molecule has 0 saturated carbocycles. The molecule has 0 atom stereocenters. The molecule has 2 aromatic heterocycles. The van der Waals surface area contributed by atoms with Crippen LogP contribution < -0.4 is 4.74 Å². The second-order valence-electron chi connectivity index (χ2n) is 3.10. The molecule has 0 aliphatic rings. The van der Waals surface area contributed by atoms with Crippen LogP contribution in [0.1, 0.15) is 6.92 Å². The fourth-order valence-corrected chi connectivity index (χ4v) is 2.53. The van der Waals surface area contributed by atoms with Gasteiger partial charge >= 0.3 is 6.01 Å². The molecule has 0 amide bonds. The monoisotopic (exact) mass is 219 g/mol. The first-order chi connectivity index (χ1) is 7.40. The Morgan fingerprint density at radius 3 is 3.07 bits per heavy atom. The third-order valence-corrected chi connectivity index (χ3v) is 3.20. The predicted molar refractivity (Wildman–Crippen MR) is 59.5 cm³/mol. The summed E-state index contributed by atoms with van der Waals surface area (Å²) in [7, 11) is 0. The van der Waals surface area contributed by atoms with Gasteiger partial charge in [-0.05, 0) is 19.1 Å². The van der Waals surface area contributed by atoms with Crippen LogP contribution in [-0.2, 0) is 0 Å². The second-order valence-corrected chi connectivity index (χ2v) is 4.11. The van der Waals surface area contributed by atoms with Crippen molar-refractivity contribution in [1.82, 2.24) is 14.6 Å². The smallest absolute Gasteiger partial charge is 0.322 e. The van der Waals surface area contributed by atoms with E-state index in [1.807, 2.05) is 29.5 Å². The average molecular weight is 219 g/mol. The Kier molecular flexibility index (Phi) is 1.85. The van der Waals surface area contributed by atoms with Crippen LogP contribution in [0.2, 0.25) is 0 Å². The highest BCUT2D eigenvalue weighted by Crippen LogP contribution is 2.28. The zero-order valence-corrected chi connectivity index (χ0v) is 8.99. The Hall–Kier alpha value is -1.62. The molecule has 0 radical (unpaired) electrons. The maximum Gasteiger partial charge on any atom is 0.322 e. The van der Waals surface area contributed by atoms with Gasteiger partial charge in [0.2, 0.25) is 4.96 Å². The zero-order valence-electron chi connectivity index (χ0n) is 8.17. The van der Waals surface area contributed by atoms with E-state index in [1.165, 1.54) is 4.70 Å². The third-order valence-electron chi connectivity index (χ3n) is 2.18. The van der Waals surface area contributed by atoms with Crippen molar-refractivity contribution in [2.45, 2.75) is 6.92 Å². The SMILES string of the molecule is CCOc1nnc2sc3ccccc3n12. The number of rotatable bonds is 2. The van der Waals surface area contributed by atoms with E-state index in [9.17, 15) is 0 Å². The number of para-hydroxylation sites is 1. The second kappa shape index (κ2) is 3.20. The van der Waals surface area contributed by atoms with Gasteiger partial charge < -0.3 is 4.74 Å². The molecule has 4 nitrogen and oxygen atoms in total. The molecule has 76 valence electrons. The van der Waals surface area contributed by atoms with Crippen molar-refractivity contribution >= 4 is 26.5 Å². The van der Waals surface area contributed by atoms with E-state index in [4.69, 9.17) is 4.74 Å². The molecular formula is C10H9N3OS. The lowest BCUT2D eigenvalue weighted by Crippen LogP contribution is -1.96. The van der Waals surface area contributed by atoms with Crippen LogP contribution in [0.3, 0.4) is 0 Å². The summed E-state index contributed by atoms with van der Waals surface area (Å²) in [5.74, 6) is 0. The van der Waals surface area contributed by atoms with Gasteiger partial charge in [0, 0.05) is 0 Å². The van der Waals surface area contributed by atoms with Gasteiger partial charge in [-0.2, -0.15) is 0 Å². The Morgan fingerprint density at radius 1 is 1.33 bits per heavy atom. The van der Waals surface area contributed by atoms with Crippen LogP contribution in [-0.4, -0.2) is 21.2 Å². The number of ether oxygens (including phenoxy) is 1. The van der Waals surface area contributed by atoms with E-state index >= 15 is 0 Å². The summed E-state index contributed by atoms with van der Waals surface area (Å²) in [5.41, 5.74) is 1.10. The molecule has 15 heavy (non-hydrogen) atoms. The molecule has 0 spiro atoms. The van der Waals surface area contributed by atoms with Crippen molar-refractivity contribution in [2.75, 3.05) is 6.61 Å². The molecule has 0 N–H and O–H groups in total. The minimum atomic E-state index is 0.574. The number of hydrogen-bond acceptors (Lipinski definition) is 4. The van der Waals surface area contributed by atoms with Gasteiger partial charge in [0.15, 0.2) is 0 Å². The summed E-state index contributed by atoms with van der Waals surface area (Å²) in [6.45, 7) is 2.54. The summed E-state index contributed by atoms with van der Waals surface area (Å²) < 4.78 is 8.57. The zero-order chi connectivity index (χ0) is 10.3. The molecule has 0 fully saturated rings. The predicted octanol–water partition coefficient (Wildman–Crippen LogP) is 2.34. The molecule has 0 saturated heterocycles. The van der Waals surface area contributed by atoms with Gasteiger partial charge in [-0.1, -0.05) is 28.6 Å². The molecule has 2 heterocycles. The first-order valence-electron chi connectivity index (χ1n) is 4.75. The van der Waals surface area contributed by atoms with Crippen LogP contribution >= 0.6 is 11.3 Å². The van der Waals surface area contributed by atoms with E-state index < -0.39 is 0 Å². The fourth-order valence-electron chi connectivity index (χ4n) is 1.58. The summed E-state index contributed by atoms with van der Waals surface area (Å²) >= 11 is 1.62. The highest BCUT2D eigenvalue weighted by Gasteiger charge is 2.11. The number of aromatic nitrogens is 3. The summed E-state index contributed by atoms with van der Waals surface area (Å²) in [4.78, 5) is 0.875. The topological polar surface area (TPSA) is 39.4 Å². The van der Waals surface area contributed by atoms with Gasteiger partial charge in [0.25, 0.3) is 0 Å². The third kappa shape index (κ3) is 1.20. The number of nitrogens with zero attached hydrogens (tertiary/aromatic N) is 3.